The van der Waals surface area contributed by atoms with E-state index in [0.717, 1.165) is 11.1 Å². The molecule has 0 radical (unpaired) electrons. The summed E-state index contributed by atoms with van der Waals surface area (Å²) in [4.78, 5) is 22.3. The Kier molecular flexibility index (Phi) is 5.18. The molecule has 0 bridgehead atoms. The number of halogens is 1. The number of carbonyl (C=O) groups is 1. The molecule has 0 aliphatic carbocycles. The van der Waals surface area contributed by atoms with Crippen LogP contribution in [-0.4, -0.2) is 17.4 Å². The molecule has 0 heterocycles. The molecule has 0 atom stereocenters. The average Bonchev–Trinajstić information content (AvgIpc) is 2.46. The van der Waals surface area contributed by atoms with Gasteiger partial charge >= 0.3 is 0 Å². The Labute approximate surface area is 138 Å². The lowest BCUT2D eigenvalue weighted by atomic mass is 10.1. The molecule has 0 saturated heterocycles. The summed E-state index contributed by atoms with van der Waals surface area (Å²) in [5, 5.41) is 13.8. The van der Waals surface area contributed by atoms with Crippen molar-refractivity contribution in [3.05, 3.63) is 62.7 Å². The van der Waals surface area contributed by atoms with Crippen LogP contribution in [0, 0.1) is 24.0 Å². The van der Waals surface area contributed by atoms with Crippen molar-refractivity contribution < 1.29 is 14.5 Å². The molecule has 0 spiro atoms. The first-order valence-electron chi connectivity index (χ1n) is 6.81. The Morgan fingerprint density at radius 2 is 2.00 bits per heavy atom. The van der Waals surface area contributed by atoms with Crippen LogP contribution in [0.4, 0.5) is 11.4 Å². The lowest BCUT2D eigenvalue weighted by Gasteiger charge is -2.12. The summed E-state index contributed by atoms with van der Waals surface area (Å²) in [5.41, 5.74) is 1.75. The maximum absolute atomic E-state index is 11.9. The van der Waals surface area contributed by atoms with Crippen molar-refractivity contribution in [3.63, 3.8) is 0 Å². The van der Waals surface area contributed by atoms with Crippen molar-refractivity contribution in [1.82, 2.24) is 0 Å². The number of amides is 1. The minimum atomic E-state index is -0.558. The number of para-hydroxylation sites is 2. The summed E-state index contributed by atoms with van der Waals surface area (Å²) in [7, 11) is 0. The second-order valence-corrected chi connectivity index (χ2v) is 5.41. The van der Waals surface area contributed by atoms with E-state index in [1.807, 2.05) is 19.9 Å². The summed E-state index contributed by atoms with van der Waals surface area (Å²) < 4.78 is 5.44. The van der Waals surface area contributed by atoms with Crippen LogP contribution in [0.2, 0.25) is 5.02 Å². The number of ether oxygens (including phenoxy) is 1. The van der Waals surface area contributed by atoms with E-state index < -0.39 is 10.8 Å². The Balaban J connectivity index is 2.06. The summed E-state index contributed by atoms with van der Waals surface area (Å²) in [6.45, 7) is 3.44. The molecule has 7 heteroatoms. The zero-order chi connectivity index (χ0) is 17.0. The Hall–Kier alpha value is -2.60. The molecule has 2 aromatic rings. The number of nitro benzene ring substituents is 1. The van der Waals surface area contributed by atoms with E-state index in [9.17, 15) is 14.9 Å². The fraction of sp³-hybridized carbons (Fsp3) is 0.188. The second-order valence-electron chi connectivity index (χ2n) is 5.00. The van der Waals surface area contributed by atoms with Gasteiger partial charge in [-0.2, -0.15) is 0 Å². The Morgan fingerprint density at radius 3 is 2.65 bits per heavy atom. The summed E-state index contributed by atoms with van der Waals surface area (Å²) in [5.74, 6) is -0.0784. The van der Waals surface area contributed by atoms with Crippen LogP contribution in [-0.2, 0) is 4.79 Å². The lowest BCUT2D eigenvalue weighted by molar-refractivity contribution is -0.383. The van der Waals surface area contributed by atoms with Gasteiger partial charge in [0.2, 0.25) is 0 Å². The van der Waals surface area contributed by atoms with Gasteiger partial charge in [-0.05, 0) is 37.1 Å². The molecular formula is C16H15ClN2O4. The highest BCUT2D eigenvalue weighted by molar-refractivity contribution is 6.32. The summed E-state index contributed by atoms with van der Waals surface area (Å²) in [6.07, 6.45) is 0. The number of aryl methyl sites for hydroxylation is 2. The molecule has 2 aromatic carbocycles. The van der Waals surface area contributed by atoms with Crippen molar-refractivity contribution in [2.24, 2.45) is 0 Å². The molecule has 0 saturated carbocycles. The molecule has 0 unspecified atom stereocenters. The molecule has 120 valence electrons. The number of nitrogens with zero attached hydrogens (tertiary/aromatic N) is 1. The number of hydrogen-bond acceptors (Lipinski definition) is 4. The van der Waals surface area contributed by atoms with Crippen LogP contribution in [0.1, 0.15) is 11.1 Å². The number of anilines is 1. The molecule has 1 N–H and O–H groups in total. The first-order chi connectivity index (χ1) is 10.9. The van der Waals surface area contributed by atoms with Gasteiger partial charge in [0.1, 0.15) is 11.4 Å². The highest BCUT2D eigenvalue weighted by atomic mass is 35.5. The SMILES string of the molecule is Cc1cc(C)c(OCC(=O)Nc2ccccc2[N+](=O)[O-])c(Cl)c1. The molecule has 2 rings (SSSR count). The van der Waals surface area contributed by atoms with Gasteiger partial charge in [0, 0.05) is 6.07 Å². The maximum Gasteiger partial charge on any atom is 0.292 e. The van der Waals surface area contributed by atoms with Crippen molar-refractivity contribution in [1.29, 1.82) is 0 Å². The molecule has 6 nitrogen and oxygen atoms in total. The highest BCUT2D eigenvalue weighted by Gasteiger charge is 2.15. The van der Waals surface area contributed by atoms with Gasteiger partial charge in [0.25, 0.3) is 11.6 Å². The lowest BCUT2D eigenvalue weighted by Crippen LogP contribution is -2.21. The fourth-order valence-electron chi connectivity index (χ4n) is 2.15. The number of rotatable bonds is 5. The van der Waals surface area contributed by atoms with Gasteiger partial charge < -0.3 is 10.1 Å². The first kappa shape index (κ1) is 16.8. The molecule has 0 aliphatic heterocycles. The first-order valence-corrected chi connectivity index (χ1v) is 7.19. The quantitative estimate of drug-likeness (QED) is 0.664. The van der Waals surface area contributed by atoms with Gasteiger partial charge in [0.15, 0.2) is 6.61 Å². The molecule has 1 amide bonds. The second kappa shape index (κ2) is 7.11. The van der Waals surface area contributed by atoms with Crippen molar-refractivity contribution in [2.75, 3.05) is 11.9 Å². The van der Waals surface area contributed by atoms with Crippen molar-refractivity contribution in [3.8, 4) is 5.75 Å². The van der Waals surface area contributed by atoms with E-state index in [1.54, 1.807) is 12.1 Å². The van der Waals surface area contributed by atoms with E-state index in [0.29, 0.717) is 10.8 Å². The molecule has 23 heavy (non-hydrogen) atoms. The number of nitro groups is 1. The summed E-state index contributed by atoms with van der Waals surface area (Å²) in [6, 6.07) is 9.53. The molecular weight excluding hydrogens is 320 g/mol. The predicted octanol–water partition coefficient (Wildman–Crippen LogP) is 3.88. The largest absolute Gasteiger partial charge is 0.482 e. The third-order valence-corrected chi connectivity index (χ3v) is 3.38. The molecule has 0 fully saturated rings. The Bertz CT molecular complexity index is 738. The zero-order valence-corrected chi connectivity index (χ0v) is 13.4. The average molecular weight is 335 g/mol. The van der Waals surface area contributed by atoms with Gasteiger partial charge in [-0.15, -0.1) is 0 Å². The van der Waals surface area contributed by atoms with Crippen LogP contribution in [0.5, 0.6) is 5.75 Å². The number of nitrogens with one attached hydrogen (secondary N) is 1. The predicted molar refractivity (Wildman–Crippen MR) is 88.1 cm³/mol. The van der Waals surface area contributed by atoms with Crippen LogP contribution in [0.3, 0.4) is 0 Å². The third-order valence-electron chi connectivity index (χ3n) is 3.10. The van der Waals surface area contributed by atoms with Crippen LogP contribution in [0.15, 0.2) is 36.4 Å². The van der Waals surface area contributed by atoms with E-state index in [-0.39, 0.29) is 18.0 Å². The van der Waals surface area contributed by atoms with Gasteiger partial charge in [-0.25, -0.2) is 0 Å². The standard InChI is InChI=1S/C16H15ClN2O4/c1-10-7-11(2)16(12(17)8-10)23-9-15(20)18-13-5-3-4-6-14(13)19(21)22/h3-8H,9H2,1-2H3,(H,18,20). The normalized spacial score (nSPS) is 10.2. The van der Waals surface area contributed by atoms with E-state index in [1.165, 1.54) is 18.2 Å². The highest BCUT2D eigenvalue weighted by Crippen LogP contribution is 2.30. The van der Waals surface area contributed by atoms with E-state index in [4.69, 9.17) is 16.3 Å². The van der Waals surface area contributed by atoms with Gasteiger partial charge in [0.05, 0.1) is 9.95 Å². The monoisotopic (exact) mass is 334 g/mol. The molecule has 0 aliphatic rings. The Morgan fingerprint density at radius 1 is 1.30 bits per heavy atom. The number of hydrogen-bond donors (Lipinski definition) is 1. The molecule has 0 aromatic heterocycles. The topological polar surface area (TPSA) is 81.5 Å². The van der Waals surface area contributed by atoms with Crippen LogP contribution in [0.25, 0.3) is 0 Å². The number of benzene rings is 2. The van der Waals surface area contributed by atoms with Crippen molar-refractivity contribution in [2.45, 2.75) is 13.8 Å². The van der Waals surface area contributed by atoms with Crippen molar-refractivity contribution >= 4 is 28.9 Å². The smallest absolute Gasteiger partial charge is 0.292 e. The van der Waals surface area contributed by atoms with Crippen LogP contribution >= 0.6 is 11.6 Å². The fourth-order valence-corrected chi connectivity index (χ4v) is 2.52. The van der Waals surface area contributed by atoms with E-state index >= 15 is 0 Å². The minimum Gasteiger partial charge on any atom is -0.482 e. The minimum absolute atomic E-state index is 0.123. The zero-order valence-electron chi connectivity index (χ0n) is 12.6. The summed E-state index contributed by atoms with van der Waals surface area (Å²) >= 11 is 6.10. The maximum atomic E-state index is 11.9. The third kappa shape index (κ3) is 4.20. The van der Waals surface area contributed by atoms with E-state index in [2.05, 4.69) is 5.32 Å². The van der Waals surface area contributed by atoms with Crippen LogP contribution < -0.4 is 10.1 Å². The number of carbonyl (C=O) groups excluding carboxylic acids is 1. The van der Waals surface area contributed by atoms with Gasteiger partial charge in [-0.3, -0.25) is 14.9 Å². The van der Waals surface area contributed by atoms with Gasteiger partial charge in [-0.1, -0.05) is 29.8 Å².